The Balaban J connectivity index is 2.29. The summed E-state index contributed by atoms with van der Waals surface area (Å²) in [4.78, 5) is -0.269. The Bertz CT molecular complexity index is 576. The number of benzene rings is 1. The van der Waals surface area contributed by atoms with E-state index in [-0.39, 0.29) is 23.9 Å². The third kappa shape index (κ3) is 2.77. The van der Waals surface area contributed by atoms with Crippen LogP contribution < -0.4 is 0 Å². The highest BCUT2D eigenvalue weighted by molar-refractivity contribution is 7.89. The van der Waals surface area contributed by atoms with Gasteiger partial charge in [0.2, 0.25) is 10.0 Å². The second-order valence-corrected chi connectivity index (χ2v) is 6.71. The lowest BCUT2D eigenvalue weighted by Crippen LogP contribution is -2.44. The van der Waals surface area contributed by atoms with E-state index in [1.54, 1.807) is 6.92 Å². The van der Waals surface area contributed by atoms with Crippen LogP contribution in [0.2, 0.25) is 0 Å². The molecule has 1 saturated heterocycles. The average Bonchev–Trinajstić information content (AvgIpc) is 2.35. The maximum absolute atomic E-state index is 13.1. The van der Waals surface area contributed by atoms with Gasteiger partial charge in [-0.25, -0.2) is 17.2 Å². The molecule has 1 heterocycles. The SMILES string of the molecule is CC1CN(S(=O)(=O)c2ccc(F)c(F)c2)CCC1O. The second kappa shape index (κ2) is 5.15. The van der Waals surface area contributed by atoms with Crippen molar-refractivity contribution in [3.05, 3.63) is 29.8 Å². The smallest absolute Gasteiger partial charge is 0.243 e. The van der Waals surface area contributed by atoms with E-state index in [0.29, 0.717) is 12.5 Å². The van der Waals surface area contributed by atoms with Crippen LogP contribution in [-0.2, 0) is 10.0 Å². The molecular weight excluding hydrogens is 276 g/mol. The maximum atomic E-state index is 13.1. The number of sulfonamides is 1. The predicted octanol–water partition coefficient (Wildman–Crippen LogP) is 1.36. The molecule has 0 aromatic heterocycles. The van der Waals surface area contributed by atoms with Gasteiger partial charge in [-0.1, -0.05) is 6.92 Å². The largest absolute Gasteiger partial charge is 0.393 e. The minimum absolute atomic E-state index is 0.169. The topological polar surface area (TPSA) is 57.6 Å². The number of aliphatic hydroxyl groups is 1. The molecule has 0 radical (unpaired) electrons. The van der Waals surface area contributed by atoms with E-state index in [9.17, 15) is 22.3 Å². The summed E-state index contributed by atoms with van der Waals surface area (Å²) in [5.74, 6) is -2.46. The van der Waals surface area contributed by atoms with Crippen molar-refractivity contribution in [2.24, 2.45) is 5.92 Å². The Morgan fingerprint density at radius 3 is 2.58 bits per heavy atom. The van der Waals surface area contributed by atoms with Crippen LogP contribution in [0, 0.1) is 17.6 Å². The summed E-state index contributed by atoms with van der Waals surface area (Å²) < 4.78 is 51.7. The van der Waals surface area contributed by atoms with Gasteiger partial charge in [0.15, 0.2) is 11.6 Å². The first-order valence-electron chi connectivity index (χ1n) is 5.95. The maximum Gasteiger partial charge on any atom is 0.243 e. The molecule has 2 atom stereocenters. The van der Waals surface area contributed by atoms with Gasteiger partial charge < -0.3 is 5.11 Å². The van der Waals surface area contributed by atoms with Crippen molar-refractivity contribution in [3.8, 4) is 0 Å². The standard InChI is InChI=1S/C12H15F2NO3S/c1-8-7-15(5-4-12(8)16)19(17,18)9-2-3-10(13)11(14)6-9/h2-3,6,8,12,16H,4-5,7H2,1H3. The van der Waals surface area contributed by atoms with Gasteiger partial charge >= 0.3 is 0 Å². The molecule has 2 rings (SSSR count). The summed E-state index contributed by atoms with van der Waals surface area (Å²) in [7, 11) is -3.84. The Kier molecular flexibility index (Phi) is 3.89. The van der Waals surface area contributed by atoms with E-state index >= 15 is 0 Å². The van der Waals surface area contributed by atoms with E-state index < -0.39 is 27.8 Å². The zero-order valence-electron chi connectivity index (χ0n) is 10.4. The highest BCUT2D eigenvalue weighted by atomic mass is 32.2. The van der Waals surface area contributed by atoms with Crippen molar-refractivity contribution < 1.29 is 22.3 Å². The zero-order chi connectivity index (χ0) is 14.2. The van der Waals surface area contributed by atoms with Crippen molar-refractivity contribution in [1.82, 2.24) is 4.31 Å². The van der Waals surface area contributed by atoms with Crippen LogP contribution in [0.4, 0.5) is 8.78 Å². The number of halogens is 2. The van der Waals surface area contributed by atoms with Crippen molar-refractivity contribution in [1.29, 1.82) is 0 Å². The van der Waals surface area contributed by atoms with Gasteiger partial charge in [-0.3, -0.25) is 0 Å². The van der Waals surface area contributed by atoms with Gasteiger partial charge in [0.05, 0.1) is 11.0 Å². The first-order chi connectivity index (χ1) is 8.82. The molecular formula is C12H15F2NO3S. The van der Waals surface area contributed by atoms with Crippen LogP contribution in [-0.4, -0.2) is 37.0 Å². The monoisotopic (exact) mass is 291 g/mol. The molecule has 4 nitrogen and oxygen atoms in total. The summed E-state index contributed by atoms with van der Waals surface area (Å²) in [5, 5.41) is 9.58. The van der Waals surface area contributed by atoms with Crippen molar-refractivity contribution in [2.45, 2.75) is 24.3 Å². The van der Waals surface area contributed by atoms with Crippen LogP contribution in [0.3, 0.4) is 0 Å². The molecule has 1 fully saturated rings. The molecule has 0 saturated carbocycles. The Labute approximate surface area is 110 Å². The molecule has 7 heteroatoms. The summed E-state index contributed by atoms with van der Waals surface area (Å²) in [6.07, 6.45) is -0.194. The molecule has 106 valence electrons. The Morgan fingerprint density at radius 1 is 1.32 bits per heavy atom. The van der Waals surface area contributed by atoms with Gasteiger partial charge in [-0.2, -0.15) is 4.31 Å². The molecule has 19 heavy (non-hydrogen) atoms. The third-order valence-corrected chi connectivity index (χ3v) is 5.21. The number of hydrogen-bond acceptors (Lipinski definition) is 3. The first kappa shape index (κ1) is 14.4. The molecule has 0 bridgehead atoms. The average molecular weight is 291 g/mol. The number of nitrogens with zero attached hydrogens (tertiary/aromatic N) is 1. The molecule has 0 spiro atoms. The minimum atomic E-state index is -3.84. The van der Waals surface area contributed by atoms with Gasteiger partial charge in [0, 0.05) is 13.1 Å². The quantitative estimate of drug-likeness (QED) is 0.895. The molecule has 1 aliphatic heterocycles. The van der Waals surface area contributed by atoms with E-state index in [4.69, 9.17) is 0 Å². The fraction of sp³-hybridized carbons (Fsp3) is 0.500. The zero-order valence-corrected chi connectivity index (χ0v) is 11.2. The van der Waals surface area contributed by atoms with Crippen LogP contribution in [0.5, 0.6) is 0 Å². The molecule has 0 amide bonds. The lowest BCUT2D eigenvalue weighted by Gasteiger charge is -2.33. The first-order valence-corrected chi connectivity index (χ1v) is 7.39. The van der Waals surface area contributed by atoms with Crippen molar-refractivity contribution in [2.75, 3.05) is 13.1 Å². The van der Waals surface area contributed by atoms with E-state index in [1.807, 2.05) is 0 Å². The lowest BCUT2D eigenvalue weighted by atomic mass is 9.99. The number of piperidine rings is 1. The lowest BCUT2D eigenvalue weighted by molar-refractivity contribution is 0.0628. The van der Waals surface area contributed by atoms with Gasteiger partial charge in [0.1, 0.15) is 0 Å². The van der Waals surface area contributed by atoms with Gasteiger partial charge in [-0.05, 0) is 30.5 Å². The van der Waals surface area contributed by atoms with Crippen LogP contribution in [0.25, 0.3) is 0 Å². The van der Waals surface area contributed by atoms with E-state index in [2.05, 4.69) is 0 Å². The molecule has 1 aliphatic rings. The summed E-state index contributed by atoms with van der Waals surface area (Å²) >= 11 is 0. The summed E-state index contributed by atoms with van der Waals surface area (Å²) in [6, 6.07) is 2.52. The molecule has 1 aromatic carbocycles. The van der Waals surface area contributed by atoms with Gasteiger partial charge in [0.25, 0.3) is 0 Å². The van der Waals surface area contributed by atoms with Crippen LogP contribution in [0.1, 0.15) is 13.3 Å². The van der Waals surface area contributed by atoms with E-state index in [1.165, 1.54) is 4.31 Å². The summed E-state index contributed by atoms with van der Waals surface area (Å²) in [6.45, 7) is 2.09. The molecule has 1 aromatic rings. The van der Waals surface area contributed by atoms with Crippen LogP contribution in [0.15, 0.2) is 23.1 Å². The number of aliphatic hydroxyl groups excluding tert-OH is 1. The van der Waals surface area contributed by atoms with Crippen molar-refractivity contribution in [3.63, 3.8) is 0 Å². The third-order valence-electron chi connectivity index (χ3n) is 3.35. The summed E-state index contributed by atoms with van der Waals surface area (Å²) in [5.41, 5.74) is 0. The molecule has 2 unspecified atom stereocenters. The Morgan fingerprint density at radius 2 is 2.00 bits per heavy atom. The number of hydrogen-bond donors (Lipinski definition) is 1. The molecule has 0 aliphatic carbocycles. The highest BCUT2D eigenvalue weighted by Gasteiger charge is 2.32. The fourth-order valence-corrected chi connectivity index (χ4v) is 3.67. The Hall–Kier alpha value is -1.05. The normalized spacial score (nSPS) is 25.5. The van der Waals surface area contributed by atoms with E-state index in [0.717, 1.165) is 12.1 Å². The molecule has 1 N–H and O–H groups in total. The predicted molar refractivity (Wildman–Crippen MR) is 64.9 cm³/mol. The fourth-order valence-electron chi connectivity index (χ4n) is 2.10. The second-order valence-electron chi connectivity index (χ2n) is 4.77. The number of rotatable bonds is 2. The highest BCUT2D eigenvalue weighted by Crippen LogP contribution is 2.24. The van der Waals surface area contributed by atoms with Crippen molar-refractivity contribution >= 4 is 10.0 Å². The van der Waals surface area contributed by atoms with Gasteiger partial charge in [-0.15, -0.1) is 0 Å². The van der Waals surface area contributed by atoms with Crippen LogP contribution >= 0.6 is 0 Å². The minimum Gasteiger partial charge on any atom is -0.393 e.